The van der Waals surface area contributed by atoms with Gasteiger partial charge in [0.2, 0.25) is 0 Å². The monoisotopic (exact) mass is 276 g/mol. The molecule has 1 aromatic heterocycles. The van der Waals surface area contributed by atoms with Gasteiger partial charge in [-0.1, -0.05) is 6.07 Å². The van der Waals surface area contributed by atoms with Gasteiger partial charge in [-0.25, -0.2) is 4.79 Å². The van der Waals surface area contributed by atoms with E-state index in [1.807, 2.05) is 55.8 Å². The van der Waals surface area contributed by atoms with E-state index in [1.54, 1.807) is 7.11 Å². The van der Waals surface area contributed by atoms with Crippen LogP contribution in [0.15, 0.2) is 30.5 Å². The number of nitrogens with one attached hydrogen (secondary N) is 1. The molecule has 5 heteroatoms. The number of fused-ring (bicyclic) bond motifs is 1. The van der Waals surface area contributed by atoms with E-state index < -0.39 is 11.7 Å². The van der Waals surface area contributed by atoms with Crippen molar-refractivity contribution in [1.29, 1.82) is 0 Å². The van der Waals surface area contributed by atoms with E-state index in [9.17, 15) is 4.79 Å². The molecular formula is C15H20N2O3. The van der Waals surface area contributed by atoms with Gasteiger partial charge < -0.3 is 14.0 Å². The van der Waals surface area contributed by atoms with Crippen LogP contribution in [-0.4, -0.2) is 23.4 Å². The molecule has 0 saturated carbocycles. The Balaban J connectivity index is 2.25. The van der Waals surface area contributed by atoms with E-state index in [0.717, 1.165) is 16.6 Å². The van der Waals surface area contributed by atoms with Crippen LogP contribution in [0.5, 0.6) is 0 Å². The zero-order valence-electron chi connectivity index (χ0n) is 12.3. The van der Waals surface area contributed by atoms with E-state index in [0.29, 0.717) is 6.73 Å². The molecule has 0 spiro atoms. The second-order valence-electron chi connectivity index (χ2n) is 5.57. The molecule has 0 saturated heterocycles. The zero-order valence-corrected chi connectivity index (χ0v) is 12.3. The summed E-state index contributed by atoms with van der Waals surface area (Å²) >= 11 is 0. The van der Waals surface area contributed by atoms with Crippen LogP contribution in [0, 0.1) is 0 Å². The molecule has 5 nitrogen and oxygen atoms in total. The number of nitrogens with zero attached hydrogens (tertiary/aromatic N) is 1. The lowest BCUT2D eigenvalue weighted by molar-refractivity contribution is 0.0636. The van der Waals surface area contributed by atoms with Crippen LogP contribution < -0.4 is 5.32 Å². The van der Waals surface area contributed by atoms with E-state index in [2.05, 4.69) is 5.32 Å². The summed E-state index contributed by atoms with van der Waals surface area (Å²) in [6.45, 7) is 5.98. The molecule has 0 bridgehead atoms. The summed E-state index contributed by atoms with van der Waals surface area (Å²) in [5.74, 6) is 0. The number of carbonyl (C=O) groups excluding carboxylic acids is 1. The maximum atomic E-state index is 11.8. The van der Waals surface area contributed by atoms with Crippen LogP contribution in [-0.2, 0) is 16.2 Å². The van der Waals surface area contributed by atoms with Crippen molar-refractivity contribution in [1.82, 2.24) is 4.57 Å². The molecule has 20 heavy (non-hydrogen) atoms. The highest BCUT2D eigenvalue weighted by Crippen LogP contribution is 2.25. The predicted molar refractivity (Wildman–Crippen MR) is 78.8 cm³/mol. The van der Waals surface area contributed by atoms with Crippen molar-refractivity contribution in [3.63, 3.8) is 0 Å². The largest absolute Gasteiger partial charge is 0.444 e. The van der Waals surface area contributed by atoms with Gasteiger partial charge in [0.05, 0.1) is 11.2 Å². The van der Waals surface area contributed by atoms with Crippen molar-refractivity contribution in [2.45, 2.75) is 33.1 Å². The number of amides is 1. The summed E-state index contributed by atoms with van der Waals surface area (Å²) in [6, 6.07) is 7.67. The molecule has 0 aliphatic carbocycles. The fourth-order valence-corrected chi connectivity index (χ4v) is 2.00. The van der Waals surface area contributed by atoms with Gasteiger partial charge in [-0.05, 0) is 39.0 Å². The molecule has 2 rings (SSSR count). The first kappa shape index (κ1) is 14.4. The van der Waals surface area contributed by atoms with Gasteiger partial charge in [0, 0.05) is 18.7 Å². The minimum Gasteiger partial charge on any atom is -0.444 e. The third-order valence-electron chi connectivity index (χ3n) is 2.72. The van der Waals surface area contributed by atoms with Gasteiger partial charge in [0.25, 0.3) is 0 Å². The molecule has 2 aromatic rings. The third-order valence-corrected chi connectivity index (χ3v) is 2.72. The molecule has 0 atom stereocenters. The fraction of sp³-hybridized carbons (Fsp3) is 0.400. The number of ether oxygens (including phenoxy) is 2. The van der Waals surface area contributed by atoms with Crippen LogP contribution in [0.2, 0.25) is 0 Å². The Bertz CT molecular complexity index is 611. The number of carbonyl (C=O) groups is 1. The van der Waals surface area contributed by atoms with E-state index in [-0.39, 0.29) is 0 Å². The van der Waals surface area contributed by atoms with Gasteiger partial charge in [0.15, 0.2) is 0 Å². The van der Waals surface area contributed by atoms with Gasteiger partial charge >= 0.3 is 6.09 Å². The Morgan fingerprint density at radius 2 is 2.05 bits per heavy atom. The second-order valence-corrected chi connectivity index (χ2v) is 5.57. The van der Waals surface area contributed by atoms with Gasteiger partial charge in [-0.3, -0.25) is 5.32 Å². The molecular weight excluding hydrogens is 256 g/mol. The normalized spacial score (nSPS) is 11.6. The maximum absolute atomic E-state index is 11.8. The van der Waals surface area contributed by atoms with Crippen molar-refractivity contribution in [3.05, 3.63) is 30.5 Å². The lowest BCUT2D eigenvalue weighted by Crippen LogP contribution is -2.27. The average Bonchev–Trinajstić information content (AvgIpc) is 2.72. The number of aromatic nitrogens is 1. The second kappa shape index (κ2) is 5.54. The van der Waals surface area contributed by atoms with Crippen LogP contribution in [0.25, 0.3) is 10.9 Å². The predicted octanol–water partition coefficient (Wildman–Crippen LogP) is 3.59. The number of anilines is 1. The molecule has 1 amide bonds. The first-order chi connectivity index (χ1) is 9.40. The molecule has 1 heterocycles. The summed E-state index contributed by atoms with van der Waals surface area (Å²) in [5, 5.41) is 3.74. The molecule has 0 unspecified atom stereocenters. The van der Waals surface area contributed by atoms with Crippen molar-refractivity contribution < 1.29 is 14.3 Å². The first-order valence-corrected chi connectivity index (χ1v) is 6.47. The lowest BCUT2D eigenvalue weighted by atomic mass is 10.2. The Labute approximate surface area is 118 Å². The maximum Gasteiger partial charge on any atom is 0.412 e. The number of benzene rings is 1. The molecule has 1 N–H and O–H groups in total. The van der Waals surface area contributed by atoms with Crippen molar-refractivity contribution in [3.8, 4) is 0 Å². The Kier molecular flexibility index (Phi) is 3.99. The van der Waals surface area contributed by atoms with E-state index in [1.165, 1.54) is 0 Å². The molecule has 1 aromatic carbocycles. The topological polar surface area (TPSA) is 52.5 Å². The third kappa shape index (κ3) is 3.30. The SMILES string of the molecule is COCn1ccc2c(NC(=O)OC(C)(C)C)cccc21. The summed E-state index contributed by atoms with van der Waals surface area (Å²) in [5.41, 5.74) is 1.21. The fourth-order valence-electron chi connectivity index (χ4n) is 2.00. The lowest BCUT2D eigenvalue weighted by Gasteiger charge is -2.19. The summed E-state index contributed by atoms with van der Waals surface area (Å²) in [4.78, 5) is 11.8. The highest BCUT2D eigenvalue weighted by molar-refractivity contribution is 5.99. The van der Waals surface area contributed by atoms with Gasteiger partial charge in [-0.2, -0.15) is 0 Å². The highest BCUT2D eigenvalue weighted by Gasteiger charge is 2.17. The number of hydrogen-bond acceptors (Lipinski definition) is 3. The number of hydrogen-bond donors (Lipinski definition) is 1. The molecule has 0 fully saturated rings. The molecule has 108 valence electrons. The minimum absolute atomic E-state index is 0.454. The Morgan fingerprint density at radius 1 is 1.30 bits per heavy atom. The van der Waals surface area contributed by atoms with Gasteiger partial charge in [-0.15, -0.1) is 0 Å². The quantitative estimate of drug-likeness (QED) is 0.932. The van der Waals surface area contributed by atoms with Crippen molar-refractivity contribution in [2.24, 2.45) is 0 Å². The van der Waals surface area contributed by atoms with E-state index in [4.69, 9.17) is 9.47 Å². The molecule has 0 aliphatic heterocycles. The smallest absolute Gasteiger partial charge is 0.412 e. The highest BCUT2D eigenvalue weighted by atomic mass is 16.6. The molecule has 0 radical (unpaired) electrons. The van der Waals surface area contributed by atoms with E-state index >= 15 is 0 Å². The minimum atomic E-state index is -0.514. The van der Waals surface area contributed by atoms with Crippen LogP contribution in [0.3, 0.4) is 0 Å². The molecule has 0 aliphatic rings. The summed E-state index contributed by atoms with van der Waals surface area (Å²) < 4.78 is 12.4. The number of rotatable bonds is 3. The Hall–Kier alpha value is -2.01. The van der Waals surface area contributed by atoms with Crippen LogP contribution in [0.4, 0.5) is 10.5 Å². The zero-order chi connectivity index (χ0) is 14.8. The standard InChI is InChI=1S/C15H20N2O3/c1-15(2,3)20-14(18)16-12-6-5-7-13-11(12)8-9-17(13)10-19-4/h5-9H,10H2,1-4H3,(H,16,18). The average molecular weight is 276 g/mol. The van der Waals surface area contributed by atoms with Crippen LogP contribution >= 0.6 is 0 Å². The van der Waals surface area contributed by atoms with Crippen molar-refractivity contribution in [2.75, 3.05) is 12.4 Å². The van der Waals surface area contributed by atoms with Gasteiger partial charge in [0.1, 0.15) is 12.3 Å². The first-order valence-electron chi connectivity index (χ1n) is 6.47. The van der Waals surface area contributed by atoms with Crippen LogP contribution in [0.1, 0.15) is 20.8 Å². The summed E-state index contributed by atoms with van der Waals surface area (Å²) in [7, 11) is 1.65. The number of methoxy groups -OCH3 is 1. The van der Waals surface area contributed by atoms with Crippen molar-refractivity contribution >= 4 is 22.7 Å². The summed E-state index contributed by atoms with van der Waals surface area (Å²) in [6.07, 6.45) is 1.47. The Morgan fingerprint density at radius 3 is 2.70 bits per heavy atom.